The Morgan fingerprint density at radius 2 is 1.57 bits per heavy atom. The van der Waals surface area contributed by atoms with Gasteiger partial charge in [-0.2, -0.15) is 0 Å². The highest BCUT2D eigenvalue weighted by molar-refractivity contribution is 7.25. The van der Waals surface area contributed by atoms with Gasteiger partial charge in [0.05, 0.1) is 22.6 Å². The van der Waals surface area contributed by atoms with Gasteiger partial charge >= 0.3 is 0 Å². The summed E-state index contributed by atoms with van der Waals surface area (Å²) >= 11 is 1.13. The lowest BCUT2D eigenvalue weighted by Gasteiger charge is -2.25. The molecule has 1 aliphatic rings. The second-order valence-corrected chi connectivity index (χ2v) is 9.12. The molecular weight excluding hydrogens is 378 g/mol. The largest absolute Gasteiger partial charge is 0.490 e. The molecule has 1 heterocycles. The molecule has 0 bridgehead atoms. The molecule has 0 radical (unpaired) electrons. The highest BCUT2D eigenvalue weighted by Crippen LogP contribution is 2.42. The molecule has 5 heteroatoms. The number of hydrogen-bond donors (Lipinski definition) is 0. The molecule has 2 aromatic carbocycles. The molecule has 150 valence electrons. The maximum atomic E-state index is 15.0. The summed E-state index contributed by atoms with van der Waals surface area (Å²) in [7, 11) is 0. The van der Waals surface area contributed by atoms with Gasteiger partial charge in [0.2, 0.25) is 0 Å². The van der Waals surface area contributed by atoms with E-state index in [4.69, 9.17) is 9.47 Å². The van der Waals surface area contributed by atoms with Gasteiger partial charge in [0, 0.05) is 10.8 Å². The Bertz CT molecular complexity index is 976. The van der Waals surface area contributed by atoms with Gasteiger partial charge in [0.1, 0.15) is 0 Å². The van der Waals surface area contributed by atoms with Crippen molar-refractivity contribution in [2.75, 3.05) is 13.2 Å². The summed E-state index contributed by atoms with van der Waals surface area (Å²) in [5.74, 6) is 0.838. The normalized spacial score (nSPS) is 14.8. The van der Waals surface area contributed by atoms with Crippen LogP contribution in [-0.2, 0) is 0 Å². The monoisotopic (exact) mass is 404 g/mol. The Kier molecular flexibility index (Phi) is 5.72. The first kappa shape index (κ1) is 19.4. The standard InChI is InChI=1S/C23H26F2O2S/c1-14(2)5-4-12-26-18-10-8-16-17-9-11-19(27-13-15-6-3-7-15)21(25)23(17)28-22(16)20(18)24/h8-11,14-15H,3-7,12-13H2,1-2H3. The number of thiophene rings is 1. The van der Waals surface area contributed by atoms with Crippen LogP contribution in [0.2, 0.25) is 0 Å². The minimum Gasteiger partial charge on any atom is -0.490 e. The number of ether oxygens (including phenoxy) is 2. The molecule has 1 saturated carbocycles. The summed E-state index contributed by atoms with van der Waals surface area (Å²) in [5, 5.41) is 1.44. The highest BCUT2D eigenvalue weighted by Gasteiger charge is 2.21. The first-order chi connectivity index (χ1) is 13.5. The molecule has 1 aliphatic carbocycles. The fourth-order valence-corrected chi connectivity index (χ4v) is 4.73. The molecule has 2 nitrogen and oxygen atoms in total. The zero-order valence-corrected chi connectivity index (χ0v) is 17.2. The zero-order chi connectivity index (χ0) is 19.7. The third-order valence-corrected chi connectivity index (χ3v) is 6.71. The molecule has 28 heavy (non-hydrogen) atoms. The van der Waals surface area contributed by atoms with E-state index >= 15 is 0 Å². The van der Waals surface area contributed by atoms with Crippen LogP contribution in [0.25, 0.3) is 20.2 Å². The Hall–Kier alpha value is -1.88. The first-order valence-corrected chi connectivity index (χ1v) is 10.9. The quantitative estimate of drug-likeness (QED) is 0.366. The predicted octanol–water partition coefficient (Wildman–Crippen LogP) is 7.33. The average Bonchev–Trinajstić information content (AvgIpc) is 3.01. The first-order valence-electron chi connectivity index (χ1n) is 10.1. The third-order valence-electron chi connectivity index (χ3n) is 5.50. The minimum atomic E-state index is -0.403. The topological polar surface area (TPSA) is 18.5 Å². The van der Waals surface area contributed by atoms with Gasteiger partial charge in [0.25, 0.3) is 0 Å². The van der Waals surface area contributed by atoms with Crippen molar-refractivity contribution >= 4 is 31.5 Å². The highest BCUT2D eigenvalue weighted by atomic mass is 32.1. The van der Waals surface area contributed by atoms with E-state index in [1.807, 2.05) is 12.1 Å². The van der Waals surface area contributed by atoms with E-state index in [2.05, 4.69) is 13.8 Å². The van der Waals surface area contributed by atoms with Crippen LogP contribution in [0.5, 0.6) is 11.5 Å². The van der Waals surface area contributed by atoms with Crippen molar-refractivity contribution in [1.82, 2.24) is 0 Å². The summed E-state index contributed by atoms with van der Waals surface area (Å²) in [6, 6.07) is 6.97. The summed E-state index contributed by atoms with van der Waals surface area (Å²) in [4.78, 5) is 0. The van der Waals surface area contributed by atoms with Crippen molar-refractivity contribution < 1.29 is 18.3 Å². The molecule has 1 fully saturated rings. The molecule has 1 aromatic heterocycles. The van der Waals surface area contributed by atoms with Crippen molar-refractivity contribution in [2.24, 2.45) is 11.8 Å². The van der Waals surface area contributed by atoms with Gasteiger partial charge in [-0.3, -0.25) is 0 Å². The zero-order valence-electron chi connectivity index (χ0n) is 16.4. The van der Waals surface area contributed by atoms with E-state index in [1.165, 1.54) is 6.42 Å². The lowest BCUT2D eigenvalue weighted by molar-refractivity contribution is 0.176. The Labute approximate surface area is 168 Å². The minimum absolute atomic E-state index is 0.240. The van der Waals surface area contributed by atoms with Gasteiger partial charge in [-0.1, -0.05) is 20.3 Å². The molecule has 0 amide bonds. The molecule has 0 unspecified atom stereocenters. The van der Waals surface area contributed by atoms with E-state index in [1.54, 1.807) is 12.1 Å². The van der Waals surface area contributed by atoms with Crippen LogP contribution in [0.3, 0.4) is 0 Å². The second-order valence-electron chi connectivity index (χ2n) is 8.10. The number of benzene rings is 2. The third kappa shape index (κ3) is 3.82. The van der Waals surface area contributed by atoms with Crippen LogP contribution < -0.4 is 9.47 Å². The van der Waals surface area contributed by atoms with E-state index in [0.29, 0.717) is 34.4 Å². The molecule has 3 aromatic rings. The number of rotatable bonds is 8. The van der Waals surface area contributed by atoms with Gasteiger partial charge in [-0.25, -0.2) is 8.78 Å². The fourth-order valence-electron chi connectivity index (χ4n) is 3.57. The van der Waals surface area contributed by atoms with Crippen LogP contribution >= 0.6 is 11.3 Å². The lowest BCUT2D eigenvalue weighted by Crippen LogP contribution is -2.19. The average molecular weight is 405 g/mol. The van der Waals surface area contributed by atoms with Crippen molar-refractivity contribution in [2.45, 2.75) is 46.0 Å². The number of hydrogen-bond acceptors (Lipinski definition) is 3. The van der Waals surface area contributed by atoms with Crippen LogP contribution in [0.15, 0.2) is 24.3 Å². The van der Waals surface area contributed by atoms with Crippen molar-refractivity contribution in [1.29, 1.82) is 0 Å². The van der Waals surface area contributed by atoms with Crippen molar-refractivity contribution in [3.8, 4) is 11.5 Å². The van der Waals surface area contributed by atoms with E-state index in [9.17, 15) is 8.78 Å². The van der Waals surface area contributed by atoms with E-state index in [-0.39, 0.29) is 11.5 Å². The lowest BCUT2D eigenvalue weighted by atomic mass is 9.86. The summed E-state index contributed by atoms with van der Waals surface area (Å²) < 4.78 is 42.1. The van der Waals surface area contributed by atoms with Crippen LogP contribution in [0, 0.1) is 23.5 Å². The molecule has 0 atom stereocenters. The second kappa shape index (κ2) is 8.24. The van der Waals surface area contributed by atoms with Crippen LogP contribution in [0.4, 0.5) is 8.78 Å². The fraction of sp³-hybridized carbons (Fsp3) is 0.478. The summed E-state index contributed by atoms with van der Waals surface area (Å²) in [6.07, 6.45) is 5.46. The predicted molar refractivity (Wildman–Crippen MR) is 112 cm³/mol. The van der Waals surface area contributed by atoms with Gasteiger partial charge < -0.3 is 9.47 Å². The Balaban J connectivity index is 1.59. The number of fused-ring (bicyclic) bond motifs is 3. The van der Waals surface area contributed by atoms with Crippen molar-refractivity contribution in [3.63, 3.8) is 0 Å². The number of halogens is 2. The molecule has 4 rings (SSSR count). The maximum Gasteiger partial charge on any atom is 0.182 e. The molecule has 0 aliphatic heterocycles. The van der Waals surface area contributed by atoms with E-state index in [0.717, 1.165) is 47.8 Å². The van der Waals surface area contributed by atoms with E-state index < -0.39 is 11.6 Å². The molecule has 0 spiro atoms. The molecule has 0 N–H and O–H groups in total. The summed E-state index contributed by atoms with van der Waals surface area (Å²) in [5.41, 5.74) is 0. The SMILES string of the molecule is CC(C)CCCOc1ccc2c(sc3c(F)c(OCC4CCC4)ccc32)c1F. The van der Waals surface area contributed by atoms with Gasteiger partial charge in [-0.05, 0) is 61.8 Å². The van der Waals surface area contributed by atoms with Crippen LogP contribution in [0.1, 0.15) is 46.0 Å². The summed E-state index contributed by atoms with van der Waals surface area (Å²) in [6.45, 7) is 5.35. The van der Waals surface area contributed by atoms with Crippen LogP contribution in [-0.4, -0.2) is 13.2 Å². The Morgan fingerprint density at radius 3 is 2.11 bits per heavy atom. The van der Waals surface area contributed by atoms with Gasteiger partial charge in [0.15, 0.2) is 23.1 Å². The molecular formula is C23H26F2O2S. The smallest absolute Gasteiger partial charge is 0.182 e. The molecule has 0 saturated heterocycles. The van der Waals surface area contributed by atoms with Gasteiger partial charge in [-0.15, -0.1) is 11.3 Å². The van der Waals surface area contributed by atoms with Crippen molar-refractivity contribution in [3.05, 3.63) is 35.9 Å². The maximum absolute atomic E-state index is 15.0. The Morgan fingerprint density at radius 1 is 0.964 bits per heavy atom.